The van der Waals surface area contributed by atoms with Crippen LogP contribution in [-0.2, 0) is 11.3 Å². The summed E-state index contributed by atoms with van der Waals surface area (Å²) >= 11 is 5.81. The van der Waals surface area contributed by atoms with Gasteiger partial charge in [0.25, 0.3) is 0 Å². The number of rotatable bonds is 4. The lowest BCUT2D eigenvalue weighted by Crippen LogP contribution is -2.22. The SMILES string of the molecule is Nc1cc(CNC(=O)CC2CC2)ccc1Cl. The van der Waals surface area contributed by atoms with Crippen LogP contribution in [0.3, 0.4) is 0 Å². The van der Waals surface area contributed by atoms with E-state index in [1.165, 1.54) is 12.8 Å². The normalized spacial score (nSPS) is 14.8. The van der Waals surface area contributed by atoms with Crippen LogP contribution in [0.1, 0.15) is 24.8 Å². The fourth-order valence-corrected chi connectivity index (χ4v) is 1.68. The molecule has 0 radical (unpaired) electrons. The van der Waals surface area contributed by atoms with Gasteiger partial charge in [0.05, 0.1) is 10.7 Å². The van der Waals surface area contributed by atoms with Crippen molar-refractivity contribution in [3.05, 3.63) is 28.8 Å². The highest BCUT2D eigenvalue weighted by atomic mass is 35.5. The molecule has 0 aromatic heterocycles. The molecule has 0 aliphatic heterocycles. The highest BCUT2D eigenvalue weighted by Gasteiger charge is 2.23. The minimum atomic E-state index is 0.121. The quantitative estimate of drug-likeness (QED) is 0.792. The standard InChI is InChI=1S/C12H15ClN2O/c13-10-4-3-9(5-11(10)14)7-15-12(16)6-8-1-2-8/h3-5,8H,1-2,6-7,14H2,(H,15,16). The molecule has 1 amide bonds. The number of benzene rings is 1. The zero-order chi connectivity index (χ0) is 11.5. The number of nitrogen functional groups attached to an aromatic ring is 1. The minimum Gasteiger partial charge on any atom is -0.398 e. The lowest BCUT2D eigenvalue weighted by molar-refractivity contribution is -0.121. The second-order valence-corrected chi connectivity index (χ2v) is 4.69. The van der Waals surface area contributed by atoms with Crippen LogP contribution < -0.4 is 11.1 Å². The van der Waals surface area contributed by atoms with Crippen LogP contribution in [0.4, 0.5) is 5.69 Å². The average molecular weight is 239 g/mol. The van der Waals surface area contributed by atoms with Crippen molar-refractivity contribution in [2.45, 2.75) is 25.8 Å². The number of nitrogens with one attached hydrogen (secondary N) is 1. The molecule has 3 nitrogen and oxygen atoms in total. The second kappa shape index (κ2) is 4.74. The van der Waals surface area contributed by atoms with Crippen LogP contribution in [0.2, 0.25) is 5.02 Å². The first-order chi connectivity index (χ1) is 7.65. The van der Waals surface area contributed by atoms with Gasteiger partial charge in [-0.15, -0.1) is 0 Å². The third-order valence-electron chi connectivity index (χ3n) is 2.72. The average Bonchev–Trinajstić information content (AvgIpc) is 3.04. The Bertz CT molecular complexity index is 402. The van der Waals surface area contributed by atoms with Crippen LogP contribution in [0.5, 0.6) is 0 Å². The highest BCUT2D eigenvalue weighted by molar-refractivity contribution is 6.33. The zero-order valence-corrected chi connectivity index (χ0v) is 9.76. The molecular formula is C12H15ClN2O. The number of anilines is 1. The van der Waals surface area contributed by atoms with Crippen molar-refractivity contribution in [2.75, 3.05) is 5.73 Å². The third kappa shape index (κ3) is 3.14. The molecule has 1 aromatic rings. The van der Waals surface area contributed by atoms with Gasteiger partial charge in [-0.05, 0) is 36.5 Å². The van der Waals surface area contributed by atoms with Gasteiger partial charge in [-0.3, -0.25) is 4.79 Å². The van der Waals surface area contributed by atoms with E-state index in [1.54, 1.807) is 12.1 Å². The molecule has 16 heavy (non-hydrogen) atoms. The van der Waals surface area contributed by atoms with Crippen molar-refractivity contribution < 1.29 is 4.79 Å². The first kappa shape index (κ1) is 11.3. The van der Waals surface area contributed by atoms with Crippen molar-refractivity contribution >= 4 is 23.2 Å². The zero-order valence-electron chi connectivity index (χ0n) is 9.00. The Hall–Kier alpha value is -1.22. The summed E-state index contributed by atoms with van der Waals surface area (Å²) in [5, 5.41) is 3.43. The first-order valence-corrected chi connectivity index (χ1v) is 5.83. The summed E-state index contributed by atoms with van der Waals surface area (Å²) < 4.78 is 0. The van der Waals surface area contributed by atoms with E-state index < -0.39 is 0 Å². The van der Waals surface area contributed by atoms with Crippen LogP contribution in [0.15, 0.2) is 18.2 Å². The van der Waals surface area contributed by atoms with E-state index in [-0.39, 0.29) is 5.91 Å². The molecular weight excluding hydrogens is 224 g/mol. The molecule has 1 aromatic carbocycles. The maximum absolute atomic E-state index is 11.5. The second-order valence-electron chi connectivity index (χ2n) is 4.28. The molecule has 0 heterocycles. The molecule has 4 heteroatoms. The predicted molar refractivity (Wildman–Crippen MR) is 65.1 cm³/mol. The van der Waals surface area contributed by atoms with Gasteiger partial charge >= 0.3 is 0 Å². The molecule has 2 rings (SSSR count). The molecule has 1 saturated carbocycles. The molecule has 1 aliphatic carbocycles. The van der Waals surface area contributed by atoms with E-state index in [1.807, 2.05) is 6.07 Å². The molecule has 86 valence electrons. The molecule has 3 N–H and O–H groups in total. The van der Waals surface area contributed by atoms with Gasteiger partial charge in [0, 0.05) is 13.0 Å². The van der Waals surface area contributed by atoms with E-state index >= 15 is 0 Å². The van der Waals surface area contributed by atoms with Crippen LogP contribution in [-0.4, -0.2) is 5.91 Å². The fourth-order valence-electron chi connectivity index (χ4n) is 1.56. The van der Waals surface area contributed by atoms with Gasteiger partial charge in [-0.2, -0.15) is 0 Å². The van der Waals surface area contributed by atoms with E-state index in [0.29, 0.717) is 29.6 Å². The summed E-state index contributed by atoms with van der Waals surface area (Å²) in [4.78, 5) is 11.5. The smallest absolute Gasteiger partial charge is 0.220 e. The Balaban J connectivity index is 1.83. The molecule has 0 spiro atoms. The molecule has 1 fully saturated rings. The molecule has 0 saturated heterocycles. The molecule has 1 aliphatic rings. The third-order valence-corrected chi connectivity index (χ3v) is 3.07. The van der Waals surface area contributed by atoms with Crippen molar-refractivity contribution in [1.29, 1.82) is 0 Å². The Morgan fingerprint density at radius 3 is 2.88 bits per heavy atom. The molecule has 0 atom stereocenters. The summed E-state index contributed by atoms with van der Waals surface area (Å²) in [7, 11) is 0. The van der Waals surface area contributed by atoms with Crippen molar-refractivity contribution in [1.82, 2.24) is 5.32 Å². The maximum atomic E-state index is 11.5. The van der Waals surface area contributed by atoms with Crippen LogP contribution in [0, 0.1) is 5.92 Å². The van der Waals surface area contributed by atoms with Crippen molar-refractivity contribution in [2.24, 2.45) is 5.92 Å². The Kier molecular flexibility index (Phi) is 3.34. The number of nitrogens with two attached hydrogens (primary N) is 1. The van der Waals surface area contributed by atoms with Gasteiger partial charge in [-0.1, -0.05) is 17.7 Å². The Labute approximate surface area is 100.0 Å². The molecule has 0 bridgehead atoms. The Morgan fingerprint density at radius 2 is 2.25 bits per heavy atom. The lowest BCUT2D eigenvalue weighted by Gasteiger charge is -2.06. The number of amides is 1. The predicted octanol–water partition coefficient (Wildman–Crippen LogP) is 2.34. The van der Waals surface area contributed by atoms with Crippen molar-refractivity contribution in [3.8, 4) is 0 Å². The Morgan fingerprint density at radius 1 is 1.50 bits per heavy atom. The number of carbonyl (C=O) groups is 1. The van der Waals surface area contributed by atoms with E-state index in [4.69, 9.17) is 17.3 Å². The van der Waals surface area contributed by atoms with Gasteiger partial charge in [0.2, 0.25) is 5.91 Å². The monoisotopic (exact) mass is 238 g/mol. The van der Waals surface area contributed by atoms with Gasteiger partial charge in [0.1, 0.15) is 0 Å². The van der Waals surface area contributed by atoms with E-state index in [9.17, 15) is 4.79 Å². The fraction of sp³-hybridized carbons (Fsp3) is 0.417. The van der Waals surface area contributed by atoms with Gasteiger partial charge in [0.15, 0.2) is 0 Å². The summed E-state index contributed by atoms with van der Waals surface area (Å²) in [5.74, 6) is 0.742. The van der Waals surface area contributed by atoms with E-state index in [0.717, 1.165) is 5.56 Å². The molecule has 0 unspecified atom stereocenters. The van der Waals surface area contributed by atoms with Crippen LogP contribution in [0.25, 0.3) is 0 Å². The number of hydrogen-bond acceptors (Lipinski definition) is 2. The summed E-state index contributed by atoms with van der Waals surface area (Å²) in [5.41, 5.74) is 7.20. The summed E-state index contributed by atoms with van der Waals surface area (Å²) in [6.45, 7) is 0.521. The van der Waals surface area contributed by atoms with E-state index in [2.05, 4.69) is 5.32 Å². The van der Waals surface area contributed by atoms with Crippen LogP contribution >= 0.6 is 11.6 Å². The summed E-state index contributed by atoms with van der Waals surface area (Å²) in [6, 6.07) is 5.41. The number of carbonyl (C=O) groups excluding carboxylic acids is 1. The highest BCUT2D eigenvalue weighted by Crippen LogP contribution is 2.32. The minimum absolute atomic E-state index is 0.121. The summed E-state index contributed by atoms with van der Waals surface area (Å²) in [6.07, 6.45) is 3.05. The lowest BCUT2D eigenvalue weighted by atomic mass is 10.2. The first-order valence-electron chi connectivity index (χ1n) is 5.46. The number of halogens is 1. The largest absolute Gasteiger partial charge is 0.398 e. The van der Waals surface area contributed by atoms with Gasteiger partial charge in [-0.25, -0.2) is 0 Å². The van der Waals surface area contributed by atoms with Gasteiger partial charge < -0.3 is 11.1 Å². The number of hydrogen-bond donors (Lipinski definition) is 2. The van der Waals surface area contributed by atoms with Crippen molar-refractivity contribution in [3.63, 3.8) is 0 Å². The topological polar surface area (TPSA) is 55.1 Å². The maximum Gasteiger partial charge on any atom is 0.220 e.